The van der Waals surface area contributed by atoms with Gasteiger partial charge in [0.2, 0.25) is 0 Å². The lowest BCUT2D eigenvalue weighted by molar-refractivity contribution is 0.136. The number of nitrogens with two attached hydrogens (primary N) is 1. The van der Waals surface area contributed by atoms with Crippen LogP contribution in [0.4, 0.5) is 5.82 Å². The van der Waals surface area contributed by atoms with Crippen molar-refractivity contribution in [2.24, 2.45) is 0 Å². The van der Waals surface area contributed by atoms with Gasteiger partial charge in [-0.1, -0.05) is 0 Å². The van der Waals surface area contributed by atoms with Gasteiger partial charge < -0.3 is 10.5 Å². The minimum Gasteiger partial charge on any atom is -0.382 e. The zero-order valence-corrected chi connectivity index (χ0v) is 6.66. The van der Waals surface area contributed by atoms with Gasteiger partial charge in [0.1, 0.15) is 5.82 Å². The van der Waals surface area contributed by atoms with Gasteiger partial charge in [0, 0.05) is 12.8 Å². The summed E-state index contributed by atoms with van der Waals surface area (Å²) in [5.74, 6) is 0.557. The van der Waals surface area contributed by atoms with Crippen molar-refractivity contribution in [1.82, 2.24) is 9.78 Å². The fraction of sp³-hybridized carbons (Fsp3) is 0.571. The van der Waals surface area contributed by atoms with E-state index in [-0.39, 0.29) is 0 Å². The van der Waals surface area contributed by atoms with E-state index in [4.69, 9.17) is 10.5 Å². The molecule has 0 radical (unpaired) electrons. The molecule has 0 amide bonds. The first-order valence-corrected chi connectivity index (χ1v) is 3.69. The second-order valence-corrected chi connectivity index (χ2v) is 2.20. The molecule has 1 heterocycles. The van der Waals surface area contributed by atoms with Crippen molar-refractivity contribution < 1.29 is 4.74 Å². The fourth-order valence-electron chi connectivity index (χ4n) is 0.804. The van der Waals surface area contributed by atoms with Crippen LogP contribution in [0.2, 0.25) is 0 Å². The zero-order chi connectivity index (χ0) is 8.10. The van der Waals surface area contributed by atoms with Crippen LogP contribution in [0.3, 0.4) is 0 Å². The van der Waals surface area contributed by atoms with Crippen LogP contribution in [0.1, 0.15) is 6.92 Å². The maximum absolute atomic E-state index is 5.41. The molecular formula is C7H13N3O. The number of anilines is 1. The molecule has 0 bridgehead atoms. The molecule has 0 unspecified atom stereocenters. The molecule has 0 spiro atoms. The third-order valence-corrected chi connectivity index (χ3v) is 1.33. The summed E-state index contributed by atoms with van der Waals surface area (Å²) < 4.78 is 6.91. The Morgan fingerprint density at radius 2 is 2.55 bits per heavy atom. The van der Waals surface area contributed by atoms with Crippen molar-refractivity contribution >= 4 is 5.82 Å². The van der Waals surface area contributed by atoms with Crippen LogP contribution < -0.4 is 5.73 Å². The molecule has 11 heavy (non-hydrogen) atoms. The van der Waals surface area contributed by atoms with E-state index >= 15 is 0 Å². The number of nitrogen functional groups attached to an aromatic ring is 1. The second-order valence-electron chi connectivity index (χ2n) is 2.20. The average Bonchev–Trinajstić information content (AvgIpc) is 2.37. The van der Waals surface area contributed by atoms with Gasteiger partial charge in [0.15, 0.2) is 0 Å². The summed E-state index contributed by atoms with van der Waals surface area (Å²) >= 11 is 0. The monoisotopic (exact) mass is 155 g/mol. The van der Waals surface area contributed by atoms with Gasteiger partial charge in [0.05, 0.1) is 13.2 Å². The topological polar surface area (TPSA) is 53.1 Å². The first-order chi connectivity index (χ1) is 5.33. The van der Waals surface area contributed by atoms with E-state index in [1.807, 2.05) is 13.1 Å². The van der Waals surface area contributed by atoms with Crippen LogP contribution in [0.5, 0.6) is 0 Å². The van der Waals surface area contributed by atoms with Gasteiger partial charge in [-0.2, -0.15) is 5.10 Å². The lowest BCUT2D eigenvalue weighted by Crippen LogP contribution is -2.06. The number of aromatic nitrogens is 2. The first kappa shape index (κ1) is 8.07. The predicted octanol–water partition coefficient (Wildman–Crippen LogP) is 0.502. The Labute approximate surface area is 66.0 Å². The molecule has 4 nitrogen and oxygen atoms in total. The summed E-state index contributed by atoms with van der Waals surface area (Å²) in [6.07, 6.45) is 1.84. The molecule has 0 aliphatic heterocycles. The molecule has 0 atom stereocenters. The molecule has 0 saturated heterocycles. The molecule has 1 aromatic heterocycles. The third kappa shape index (κ3) is 2.59. The molecule has 0 aliphatic carbocycles. The fourth-order valence-corrected chi connectivity index (χ4v) is 0.804. The van der Waals surface area contributed by atoms with E-state index in [1.54, 1.807) is 10.7 Å². The van der Waals surface area contributed by atoms with Gasteiger partial charge >= 0.3 is 0 Å². The predicted molar refractivity (Wildman–Crippen MR) is 43.1 cm³/mol. The van der Waals surface area contributed by atoms with Crippen molar-refractivity contribution in [3.63, 3.8) is 0 Å². The highest BCUT2D eigenvalue weighted by Gasteiger charge is 1.92. The summed E-state index contributed by atoms with van der Waals surface area (Å²) in [6.45, 7) is 4.18. The lowest BCUT2D eigenvalue weighted by Gasteiger charge is -2.00. The van der Waals surface area contributed by atoms with Gasteiger partial charge in [0.25, 0.3) is 0 Å². The molecule has 0 aromatic carbocycles. The van der Waals surface area contributed by atoms with Crippen LogP contribution >= 0.6 is 0 Å². The van der Waals surface area contributed by atoms with Crippen LogP contribution in [0, 0.1) is 0 Å². The highest BCUT2D eigenvalue weighted by Crippen LogP contribution is 1.94. The van der Waals surface area contributed by atoms with Crippen molar-refractivity contribution in [1.29, 1.82) is 0 Å². The minimum atomic E-state index is 0.557. The first-order valence-electron chi connectivity index (χ1n) is 3.69. The molecule has 2 N–H and O–H groups in total. The molecule has 1 aromatic rings. The third-order valence-electron chi connectivity index (χ3n) is 1.33. The van der Waals surface area contributed by atoms with Gasteiger partial charge in [-0.25, -0.2) is 0 Å². The lowest BCUT2D eigenvalue weighted by atomic mass is 10.6. The maximum atomic E-state index is 5.41. The van der Waals surface area contributed by atoms with Gasteiger partial charge in [-0.15, -0.1) is 0 Å². The highest BCUT2D eigenvalue weighted by atomic mass is 16.5. The minimum absolute atomic E-state index is 0.557. The number of rotatable bonds is 4. The van der Waals surface area contributed by atoms with Crippen molar-refractivity contribution in [3.8, 4) is 0 Å². The Kier molecular flexibility index (Phi) is 2.92. The quantitative estimate of drug-likeness (QED) is 0.644. The van der Waals surface area contributed by atoms with Gasteiger partial charge in [-0.3, -0.25) is 4.68 Å². The van der Waals surface area contributed by atoms with Crippen LogP contribution in [0.25, 0.3) is 0 Å². The van der Waals surface area contributed by atoms with Crippen molar-refractivity contribution in [3.05, 3.63) is 12.3 Å². The number of hydrogen-bond donors (Lipinski definition) is 1. The normalized spacial score (nSPS) is 10.3. The van der Waals surface area contributed by atoms with E-state index in [0.29, 0.717) is 12.4 Å². The number of hydrogen-bond acceptors (Lipinski definition) is 3. The number of nitrogens with zero attached hydrogens (tertiary/aromatic N) is 2. The van der Waals surface area contributed by atoms with Crippen molar-refractivity contribution in [2.45, 2.75) is 13.5 Å². The Bertz CT molecular complexity index is 209. The van der Waals surface area contributed by atoms with E-state index in [1.165, 1.54) is 0 Å². The van der Waals surface area contributed by atoms with E-state index in [2.05, 4.69) is 5.10 Å². The van der Waals surface area contributed by atoms with E-state index in [9.17, 15) is 0 Å². The standard InChI is InChI=1S/C7H13N3O/c1-2-11-6-5-10-4-3-7(8)9-10/h3-4H,2,5-6H2,1H3,(H2,8,9). The molecule has 0 saturated carbocycles. The summed E-state index contributed by atoms with van der Waals surface area (Å²) in [5, 5.41) is 4.00. The summed E-state index contributed by atoms with van der Waals surface area (Å²) in [6, 6.07) is 1.77. The molecule has 62 valence electrons. The smallest absolute Gasteiger partial charge is 0.145 e. The molecular weight excluding hydrogens is 142 g/mol. The Morgan fingerprint density at radius 3 is 3.09 bits per heavy atom. The Hall–Kier alpha value is -1.03. The molecule has 0 aliphatic rings. The van der Waals surface area contributed by atoms with E-state index in [0.717, 1.165) is 13.2 Å². The average molecular weight is 155 g/mol. The van der Waals surface area contributed by atoms with Crippen molar-refractivity contribution in [2.75, 3.05) is 18.9 Å². The maximum Gasteiger partial charge on any atom is 0.145 e. The summed E-state index contributed by atoms with van der Waals surface area (Å²) in [7, 11) is 0. The Balaban J connectivity index is 2.27. The van der Waals surface area contributed by atoms with Crippen LogP contribution in [0.15, 0.2) is 12.3 Å². The Morgan fingerprint density at radius 1 is 1.73 bits per heavy atom. The summed E-state index contributed by atoms with van der Waals surface area (Å²) in [5.41, 5.74) is 5.41. The molecule has 4 heteroatoms. The molecule has 0 fully saturated rings. The van der Waals surface area contributed by atoms with Gasteiger partial charge in [-0.05, 0) is 13.0 Å². The van der Waals surface area contributed by atoms with Crippen LogP contribution in [-0.2, 0) is 11.3 Å². The zero-order valence-electron chi connectivity index (χ0n) is 6.66. The summed E-state index contributed by atoms with van der Waals surface area (Å²) in [4.78, 5) is 0. The number of ether oxygens (including phenoxy) is 1. The largest absolute Gasteiger partial charge is 0.382 e. The SMILES string of the molecule is CCOCCn1ccc(N)n1. The molecule has 1 rings (SSSR count). The highest BCUT2D eigenvalue weighted by molar-refractivity contribution is 5.23. The second kappa shape index (κ2) is 3.98. The van der Waals surface area contributed by atoms with Crippen LogP contribution in [-0.4, -0.2) is 23.0 Å². The van der Waals surface area contributed by atoms with E-state index < -0.39 is 0 Å².